The predicted octanol–water partition coefficient (Wildman–Crippen LogP) is 2.72. The van der Waals surface area contributed by atoms with Gasteiger partial charge in [0.2, 0.25) is 0 Å². The molecule has 1 aliphatic carbocycles. The monoisotopic (exact) mass is 421 g/mol. The number of carbonyl (C=O) groups excluding carboxylic acids is 1. The van der Waals surface area contributed by atoms with Crippen molar-refractivity contribution in [3.05, 3.63) is 60.2 Å². The Kier molecular flexibility index (Phi) is 5.98. The zero-order chi connectivity index (χ0) is 19.0. The van der Waals surface area contributed by atoms with Crippen LogP contribution >= 0.6 is 12.4 Å². The van der Waals surface area contributed by atoms with Crippen LogP contribution < -0.4 is 10.5 Å². The minimum absolute atomic E-state index is 0. The van der Waals surface area contributed by atoms with Crippen molar-refractivity contribution >= 4 is 34.0 Å². The molecule has 1 saturated heterocycles. The van der Waals surface area contributed by atoms with Crippen molar-refractivity contribution in [1.29, 1.82) is 0 Å². The van der Waals surface area contributed by atoms with E-state index in [0.29, 0.717) is 29.6 Å². The molecule has 0 bridgehead atoms. The van der Waals surface area contributed by atoms with Gasteiger partial charge < -0.3 is 10.6 Å². The number of rotatable bonds is 4. The van der Waals surface area contributed by atoms with E-state index in [-0.39, 0.29) is 29.3 Å². The van der Waals surface area contributed by atoms with Gasteiger partial charge >= 0.3 is 0 Å². The number of nitrogens with zero attached hydrogens (tertiary/aromatic N) is 1. The van der Waals surface area contributed by atoms with Gasteiger partial charge in [-0.1, -0.05) is 24.3 Å². The molecule has 3 unspecified atom stereocenters. The van der Waals surface area contributed by atoms with E-state index in [1.807, 2.05) is 4.90 Å². The molecule has 4 rings (SSSR count). The molecular weight excluding hydrogens is 398 g/mol. The van der Waals surface area contributed by atoms with E-state index in [2.05, 4.69) is 4.72 Å². The number of likely N-dealkylation sites (tertiary alicyclic amines) is 1. The van der Waals surface area contributed by atoms with Crippen molar-refractivity contribution in [1.82, 2.24) is 4.90 Å². The first kappa shape index (κ1) is 20.6. The van der Waals surface area contributed by atoms with E-state index in [1.165, 1.54) is 12.1 Å². The van der Waals surface area contributed by atoms with E-state index in [4.69, 9.17) is 5.73 Å². The Morgan fingerprint density at radius 3 is 2.50 bits per heavy atom. The van der Waals surface area contributed by atoms with Gasteiger partial charge in [-0.3, -0.25) is 9.52 Å². The summed E-state index contributed by atoms with van der Waals surface area (Å²) in [5, 5.41) is 0. The van der Waals surface area contributed by atoms with Crippen LogP contribution in [0, 0.1) is 11.8 Å². The third kappa shape index (κ3) is 4.01. The van der Waals surface area contributed by atoms with Crippen molar-refractivity contribution in [2.24, 2.45) is 17.6 Å². The molecule has 2 aromatic carbocycles. The van der Waals surface area contributed by atoms with Crippen LogP contribution in [-0.4, -0.2) is 38.4 Å². The highest BCUT2D eigenvalue weighted by molar-refractivity contribution is 7.92. The zero-order valence-corrected chi connectivity index (χ0v) is 17.0. The Labute approximate surface area is 171 Å². The van der Waals surface area contributed by atoms with Crippen LogP contribution in [0.25, 0.3) is 0 Å². The second kappa shape index (κ2) is 8.11. The molecule has 6 nitrogen and oxygen atoms in total. The highest BCUT2D eigenvalue weighted by Gasteiger charge is 2.42. The zero-order valence-electron chi connectivity index (χ0n) is 15.3. The lowest BCUT2D eigenvalue weighted by Gasteiger charge is -2.19. The first-order chi connectivity index (χ1) is 12.9. The second-order valence-electron chi connectivity index (χ2n) is 7.37. The highest BCUT2D eigenvalue weighted by atomic mass is 35.5. The summed E-state index contributed by atoms with van der Waals surface area (Å²) >= 11 is 0. The lowest BCUT2D eigenvalue weighted by Crippen LogP contribution is -2.33. The van der Waals surface area contributed by atoms with E-state index in [1.54, 1.807) is 42.5 Å². The smallest absolute Gasteiger partial charge is 0.261 e. The van der Waals surface area contributed by atoms with Crippen molar-refractivity contribution < 1.29 is 13.2 Å². The molecule has 8 heteroatoms. The Hall–Kier alpha value is -2.09. The summed E-state index contributed by atoms with van der Waals surface area (Å²) in [6, 6.07) is 15.0. The van der Waals surface area contributed by atoms with Gasteiger partial charge in [0.1, 0.15) is 0 Å². The van der Waals surface area contributed by atoms with Gasteiger partial charge in [-0.05, 0) is 55.0 Å². The van der Waals surface area contributed by atoms with E-state index >= 15 is 0 Å². The molecular formula is C20H24ClN3O3S. The molecule has 150 valence electrons. The minimum atomic E-state index is -3.69. The van der Waals surface area contributed by atoms with Gasteiger partial charge in [-0.25, -0.2) is 8.42 Å². The standard InChI is InChI=1S/C20H23N3O3S.ClH/c21-19-10-9-15-12-23(13-18(15)19)20(24)14-5-4-6-16(11-14)22-27(25,26)17-7-2-1-3-8-17;/h1-8,11,15,18-19,22H,9-10,12-13,21H2;1H. The molecule has 1 aliphatic heterocycles. The fourth-order valence-electron chi connectivity index (χ4n) is 4.19. The number of halogens is 1. The van der Waals surface area contributed by atoms with E-state index in [9.17, 15) is 13.2 Å². The molecule has 1 saturated carbocycles. The molecule has 2 aliphatic rings. The number of benzene rings is 2. The fraction of sp³-hybridized carbons (Fsp3) is 0.350. The van der Waals surface area contributed by atoms with Crippen molar-refractivity contribution in [2.45, 2.75) is 23.8 Å². The van der Waals surface area contributed by atoms with Crippen LogP contribution in [0.4, 0.5) is 5.69 Å². The first-order valence-electron chi connectivity index (χ1n) is 9.17. The van der Waals surface area contributed by atoms with E-state index in [0.717, 1.165) is 19.4 Å². The Morgan fingerprint density at radius 1 is 1.04 bits per heavy atom. The molecule has 2 aromatic rings. The van der Waals surface area contributed by atoms with Crippen LogP contribution in [0.3, 0.4) is 0 Å². The lowest BCUT2D eigenvalue weighted by molar-refractivity contribution is 0.0779. The number of nitrogens with one attached hydrogen (secondary N) is 1. The topological polar surface area (TPSA) is 92.5 Å². The van der Waals surface area contributed by atoms with Gasteiger partial charge in [-0.15, -0.1) is 12.4 Å². The Bertz CT molecular complexity index is 952. The number of amides is 1. The quantitative estimate of drug-likeness (QED) is 0.793. The summed E-state index contributed by atoms with van der Waals surface area (Å²) in [4.78, 5) is 14.9. The molecule has 3 atom stereocenters. The average molecular weight is 422 g/mol. The summed E-state index contributed by atoms with van der Waals surface area (Å²) in [5.74, 6) is 0.801. The number of hydrogen-bond donors (Lipinski definition) is 2. The SMILES string of the molecule is Cl.NC1CCC2CN(C(=O)c3cccc(NS(=O)(=O)c4ccccc4)c3)CC12. The fourth-order valence-corrected chi connectivity index (χ4v) is 5.26. The highest BCUT2D eigenvalue weighted by Crippen LogP contribution is 2.37. The molecule has 2 fully saturated rings. The Balaban J connectivity index is 0.00000225. The van der Waals surface area contributed by atoms with Crippen LogP contribution in [0.2, 0.25) is 0 Å². The second-order valence-corrected chi connectivity index (χ2v) is 9.06. The molecule has 3 N–H and O–H groups in total. The summed E-state index contributed by atoms with van der Waals surface area (Å²) in [6.07, 6.45) is 2.11. The summed E-state index contributed by atoms with van der Waals surface area (Å²) < 4.78 is 27.5. The first-order valence-corrected chi connectivity index (χ1v) is 10.6. The number of fused-ring (bicyclic) bond motifs is 1. The summed E-state index contributed by atoms with van der Waals surface area (Å²) in [7, 11) is -3.69. The lowest BCUT2D eigenvalue weighted by atomic mass is 9.98. The van der Waals surface area contributed by atoms with E-state index < -0.39 is 10.0 Å². The third-order valence-electron chi connectivity index (χ3n) is 5.61. The molecule has 0 spiro atoms. The number of carbonyl (C=O) groups is 1. The maximum atomic E-state index is 12.9. The number of hydrogen-bond acceptors (Lipinski definition) is 4. The third-order valence-corrected chi connectivity index (χ3v) is 7.01. The minimum Gasteiger partial charge on any atom is -0.338 e. The van der Waals surface area contributed by atoms with Gasteiger partial charge in [0, 0.05) is 30.4 Å². The number of anilines is 1. The van der Waals surface area contributed by atoms with Crippen LogP contribution in [0.1, 0.15) is 23.2 Å². The largest absolute Gasteiger partial charge is 0.338 e. The number of nitrogens with two attached hydrogens (primary N) is 1. The van der Waals surface area contributed by atoms with Gasteiger partial charge in [0.05, 0.1) is 4.90 Å². The molecule has 0 aromatic heterocycles. The van der Waals surface area contributed by atoms with Gasteiger partial charge in [-0.2, -0.15) is 0 Å². The molecule has 1 heterocycles. The van der Waals surface area contributed by atoms with Crippen molar-refractivity contribution in [2.75, 3.05) is 17.8 Å². The summed E-state index contributed by atoms with van der Waals surface area (Å²) in [5.41, 5.74) is 7.01. The van der Waals surface area contributed by atoms with Crippen LogP contribution in [0.15, 0.2) is 59.5 Å². The average Bonchev–Trinajstić information content (AvgIpc) is 3.24. The van der Waals surface area contributed by atoms with Crippen molar-refractivity contribution in [3.8, 4) is 0 Å². The Morgan fingerprint density at radius 2 is 1.79 bits per heavy atom. The van der Waals surface area contributed by atoms with Gasteiger partial charge in [0.25, 0.3) is 15.9 Å². The molecule has 0 radical (unpaired) electrons. The normalized spacial score (nSPS) is 23.8. The molecule has 28 heavy (non-hydrogen) atoms. The number of sulfonamides is 1. The summed E-state index contributed by atoms with van der Waals surface area (Å²) in [6.45, 7) is 1.42. The van der Waals surface area contributed by atoms with Crippen molar-refractivity contribution in [3.63, 3.8) is 0 Å². The predicted molar refractivity (Wildman–Crippen MR) is 111 cm³/mol. The maximum absolute atomic E-state index is 12.9. The molecule has 1 amide bonds. The van der Waals surface area contributed by atoms with Crippen LogP contribution in [0.5, 0.6) is 0 Å². The maximum Gasteiger partial charge on any atom is 0.261 e. The van der Waals surface area contributed by atoms with Crippen LogP contribution in [-0.2, 0) is 10.0 Å². The van der Waals surface area contributed by atoms with Gasteiger partial charge in [0.15, 0.2) is 0 Å².